The van der Waals surface area contributed by atoms with Gasteiger partial charge in [0, 0.05) is 12.6 Å². The van der Waals surface area contributed by atoms with E-state index in [-0.39, 0.29) is 17.9 Å². The van der Waals surface area contributed by atoms with E-state index in [0.717, 1.165) is 48.1 Å². The van der Waals surface area contributed by atoms with Crippen LogP contribution in [0.2, 0.25) is 0 Å². The number of rotatable bonds is 8. The number of methoxy groups -OCH3 is 1. The molecule has 3 aromatic rings. The first-order chi connectivity index (χ1) is 16.6. The maximum atomic E-state index is 13.9. The fraction of sp³-hybridized carbons (Fsp3) is 0.357. The van der Waals surface area contributed by atoms with Crippen molar-refractivity contribution in [3.63, 3.8) is 0 Å². The van der Waals surface area contributed by atoms with Crippen LogP contribution >= 0.6 is 11.3 Å². The number of nitrogens with zero attached hydrogens (tertiary/aromatic N) is 1. The van der Waals surface area contributed by atoms with Crippen LogP contribution in [0.25, 0.3) is 0 Å². The number of thiophene rings is 1. The van der Waals surface area contributed by atoms with E-state index in [1.807, 2.05) is 73.0 Å². The summed E-state index contributed by atoms with van der Waals surface area (Å²) >= 11 is 1.39. The molecule has 1 saturated carbocycles. The molecule has 0 unspecified atom stereocenters. The minimum absolute atomic E-state index is 0.117. The first-order valence-corrected chi connectivity index (χ1v) is 12.8. The number of benzene rings is 2. The molecule has 0 radical (unpaired) electrons. The van der Waals surface area contributed by atoms with Gasteiger partial charge in [0.05, 0.1) is 12.0 Å². The molecule has 0 spiro atoms. The van der Waals surface area contributed by atoms with Crippen molar-refractivity contribution in [3.8, 4) is 5.75 Å². The zero-order valence-corrected chi connectivity index (χ0v) is 20.6. The third-order valence-corrected chi connectivity index (χ3v) is 7.33. The molecular weight excluding hydrogens is 444 g/mol. The average molecular weight is 477 g/mol. The molecule has 6 heteroatoms. The zero-order chi connectivity index (χ0) is 23.9. The summed E-state index contributed by atoms with van der Waals surface area (Å²) in [6.07, 6.45) is 5.44. The van der Waals surface area contributed by atoms with Gasteiger partial charge in [0.2, 0.25) is 5.91 Å². The Bertz CT molecular complexity index is 1110. The second kappa shape index (κ2) is 11.3. The lowest BCUT2D eigenvalue weighted by atomic mass is 9.93. The smallest absolute Gasteiger partial charge is 0.265 e. The normalized spacial score (nSPS) is 14.9. The number of hydrogen-bond donors (Lipinski definition) is 1. The number of carbonyl (C=O) groups is 2. The van der Waals surface area contributed by atoms with E-state index in [0.29, 0.717) is 11.4 Å². The van der Waals surface area contributed by atoms with Crippen molar-refractivity contribution in [1.29, 1.82) is 0 Å². The summed E-state index contributed by atoms with van der Waals surface area (Å²) in [5.74, 6) is 0.457. The molecule has 1 heterocycles. The minimum atomic E-state index is -0.732. The molecule has 1 aromatic heterocycles. The molecule has 178 valence electrons. The molecule has 1 atom stereocenters. The quantitative estimate of drug-likeness (QED) is 0.440. The number of nitrogens with one attached hydrogen (secondary N) is 1. The molecule has 4 rings (SSSR count). The molecule has 1 N–H and O–H groups in total. The molecule has 2 aromatic carbocycles. The summed E-state index contributed by atoms with van der Waals surface area (Å²) < 4.78 is 5.40. The first-order valence-electron chi connectivity index (χ1n) is 11.9. The van der Waals surface area contributed by atoms with Gasteiger partial charge in [0.25, 0.3) is 5.91 Å². The maximum Gasteiger partial charge on any atom is 0.265 e. The molecular formula is C28H32N2O3S. The highest BCUT2D eigenvalue weighted by molar-refractivity contribution is 7.12. The highest BCUT2D eigenvalue weighted by Crippen LogP contribution is 2.30. The average Bonchev–Trinajstić information content (AvgIpc) is 3.40. The van der Waals surface area contributed by atoms with E-state index in [4.69, 9.17) is 4.74 Å². The van der Waals surface area contributed by atoms with E-state index in [2.05, 4.69) is 5.32 Å². The van der Waals surface area contributed by atoms with E-state index >= 15 is 0 Å². The Labute approximate surface area is 205 Å². The van der Waals surface area contributed by atoms with Gasteiger partial charge in [-0.1, -0.05) is 61.7 Å². The molecule has 2 amide bonds. The SMILES string of the molecule is COc1cccc(CN(C(=O)c2cccs2)[C@@H](C(=O)NC2CCCCC2)c2ccccc2C)c1. The van der Waals surface area contributed by atoms with Crippen LogP contribution in [0, 0.1) is 6.92 Å². The zero-order valence-electron chi connectivity index (χ0n) is 19.8. The van der Waals surface area contributed by atoms with Crippen molar-refractivity contribution in [2.45, 2.75) is 57.7 Å². The number of carbonyl (C=O) groups excluding carboxylic acids is 2. The first kappa shape index (κ1) is 24.0. The predicted molar refractivity (Wildman–Crippen MR) is 136 cm³/mol. The van der Waals surface area contributed by atoms with Crippen LogP contribution < -0.4 is 10.1 Å². The van der Waals surface area contributed by atoms with Gasteiger partial charge in [-0.05, 0) is 60.0 Å². The van der Waals surface area contributed by atoms with E-state index < -0.39 is 6.04 Å². The second-order valence-corrected chi connectivity index (χ2v) is 9.81. The van der Waals surface area contributed by atoms with E-state index in [1.54, 1.807) is 12.0 Å². The summed E-state index contributed by atoms with van der Waals surface area (Å²) in [6.45, 7) is 2.29. The fourth-order valence-corrected chi connectivity index (χ4v) is 5.34. The van der Waals surface area contributed by atoms with E-state index in [9.17, 15) is 9.59 Å². The summed E-state index contributed by atoms with van der Waals surface area (Å²) in [4.78, 5) is 30.0. The van der Waals surface area contributed by atoms with Crippen LogP contribution in [0.5, 0.6) is 5.75 Å². The number of ether oxygens (including phenoxy) is 1. The number of aryl methyl sites for hydroxylation is 1. The monoisotopic (exact) mass is 476 g/mol. The van der Waals surface area contributed by atoms with E-state index in [1.165, 1.54) is 17.8 Å². The van der Waals surface area contributed by atoms with Crippen molar-refractivity contribution < 1.29 is 14.3 Å². The molecule has 0 saturated heterocycles. The summed E-state index contributed by atoms with van der Waals surface area (Å²) in [7, 11) is 1.63. The summed E-state index contributed by atoms with van der Waals surface area (Å²) in [5.41, 5.74) is 2.75. The lowest BCUT2D eigenvalue weighted by Gasteiger charge is -2.34. The Kier molecular flexibility index (Phi) is 8.01. The lowest BCUT2D eigenvalue weighted by Crippen LogP contribution is -2.47. The van der Waals surface area contributed by atoms with Crippen LogP contribution in [-0.2, 0) is 11.3 Å². The van der Waals surface area contributed by atoms with Crippen LogP contribution in [0.15, 0.2) is 66.0 Å². The largest absolute Gasteiger partial charge is 0.497 e. The molecule has 5 nitrogen and oxygen atoms in total. The molecule has 0 bridgehead atoms. The molecule has 1 fully saturated rings. The van der Waals surface area contributed by atoms with Crippen LogP contribution in [0.3, 0.4) is 0 Å². The molecule has 1 aliphatic carbocycles. The highest BCUT2D eigenvalue weighted by Gasteiger charge is 2.34. The van der Waals surface area contributed by atoms with Gasteiger partial charge in [-0.3, -0.25) is 9.59 Å². The van der Waals surface area contributed by atoms with Gasteiger partial charge < -0.3 is 15.0 Å². The third-order valence-electron chi connectivity index (χ3n) is 6.47. The van der Waals surface area contributed by atoms with Gasteiger partial charge in [-0.25, -0.2) is 0 Å². The Balaban J connectivity index is 1.75. The number of hydrogen-bond acceptors (Lipinski definition) is 4. The Morgan fingerprint density at radius 3 is 2.56 bits per heavy atom. The summed E-state index contributed by atoms with van der Waals surface area (Å²) in [5, 5.41) is 5.17. The molecule has 0 aliphatic heterocycles. The Morgan fingerprint density at radius 1 is 1.06 bits per heavy atom. The van der Waals surface area contributed by atoms with Gasteiger partial charge in [0.1, 0.15) is 11.8 Å². The Hall–Kier alpha value is -3.12. The van der Waals surface area contributed by atoms with Crippen molar-refractivity contribution >= 4 is 23.2 Å². The second-order valence-electron chi connectivity index (χ2n) is 8.86. The standard InChI is InChI=1S/C28H32N2O3S/c1-20-10-6-7-15-24(20)26(27(31)29-22-12-4-3-5-13-22)30(28(32)25-16-9-17-34-25)19-21-11-8-14-23(18-21)33-2/h6-11,14-18,22,26H,3-5,12-13,19H2,1-2H3,(H,29,31)/t26-/m1/s1. The van der Waals surface area contributed by atoms with Crippen LogP contribution in [0.1, 0.15) is 64.5 Å². The van der Waals surface area contributed by atoms with Crippen LogP contribution in [-0.4, -0.2) is 29.9 Å². The van der Waals surface area contributed by atoms with Crippen molar-refractivity contribution in [1.82, 2.24) is 10.2 Å². The van der Waals surface area contributed by atoms with Crippen molar-refractivity contribution in [2.75, 3.05) is 7.11 Å². The maximum absolute atomic E-state index is 13.9. The number of amides is 2. The molecule has 1 aliphatic rings. The molecule has 34 heavy (non-hydrogen) atoms. The lowest BCUT2D eigenvalue weighted by molar-refractivity contribution is -0.127. The topological polar surface area (TPSA) is 58.6 Å². The predicted octanol–water partition coefficient (Wildman–Crippen LogP) is 5.90. The fourth-order valence-electron chi connectivity index (χ4n) is 4.66. The van der Waals surface area contributed by atoms with Gasteiger partial charge in [-0.15, -0.1) is 11.3 Å². The minimum Gasteiger partial charge on any atom is -0.497 e. The Morgan fingerprint density at radius 2 is 1.85 bits per heavy atom. The highest BCUT2D eigenvalue weighted by atomic mass is 32.1. The van der Waals surface area contributed by atoms with Crippen molar-refractivity contribution in [3.05, 3.63) is 87.6 Å². The third kappa shape index (κ3) is 5.68. The van der Waals surface area contributed by atoms with Gasteiger partial charge in [0.15, 0.2) is 0 Å². The van der Waals surface area contributed by atoms with Gasteiger partial charge in [-0.2, -0.15) is 0 Å². The summed E-state index contributed by atoms with van der Waals surface area (Å²) in [6, 6.07) is 18.6. The van der Waals surface area contributed by atoms with Gasteiger partial charge >= 0.3 is 0 Å². The van der Waals surface area contributed by atoms with Crippen LogP contribution in [0.4, 0.5) is 0 Å². The van der Waals surface area contributed by atoms with Crippen molar-refractivity contribution in [2.24, 2.45) is 0 Å².